The molecule has 8 atom stereocenters. The average Bonchev–Trinajstić information content (AvgIpc) is 3.14. The molecule has 0 bridgehead atoms. The quantitative estimate of drug-likeness (QED) is 0.0237. The Labute approximate surface area is 324 Å². The predicted octanol–water partition coefficient (Wildman–Crippen LogP) is 5.41. The van der Waals surface area contributed by atoms with E-state index in [0.29, 0.717) is 19.3 Å². The van der Waals surface area contributed by atoms with Gasteiger partial charge in [-0.1, -0.05) is 121 Å². The molecule has 54 heavy (non-hydrogen) atoms. The lowest BCUT2D eigenvalue weighted by molar-refractivity contribution is -0.220. The first-order valence-corrected chi connectivity index (χ1v) is 22.0. The molecule has 1 amide bonds. The summed E-state index contributed by atoms with van der Waals surface area (Å²) < 4.78 is 22.7. The van der Waals surface area contributed by atoms with E-state index in [1.54, 1.807) is 6.08 Å². The highest BCUT2D eigenvalue weighted by Gasteiger charge is 2.51. The lowest BCUT2D eigenvalue weighted by atomic mass is 9.85. The number of allylic oxidation sites excluding steroid dienone is 5. The minimum Gasteiger partial charge on any atom is -0.393 e. The predicted molar refractivity (Wildman–Crippen MR) is 210 cm³/mol. The number of phosphoric acid groups is 1. The standard InChI is InChI=1S/C40H74NO12P/c1-3-5-7-9-11-13-15-16-18-20-22-24-26-28-33(43)32(30-52-54(50,51)53-40-38(48)36(46)35(45)37(47)39(40)49)41-34(44)29-31(42)27-25-23-21-19-17-14-12-10-8-6-4-2/h18-21,26,28,31-33,35-40,42-43,45-49H,3-17,22-25,27,29-30H2,1-2H3,(H,41,44)(H,50,51)/b20-18+,21-19-,28-26+. The van der Waals surface area contributed by atoms with E-state index < -0.39 is 75.2 Å². The smallest absolute Gasteiger partial charge is 0.393 e. The molecule has 14 heteroatoms. The van der Waals surface area contributed by atoms with Crippen LogP contribution >= 0.6 is 7.82 Å². The van der Waals surface area contributed by atoms with Gasteiger partial charge in [-0.25, -0.2) is 4.57 Å². The summed E-state index contributed by atoms with van der Waals surface area (Å²) in [6.45, 7) is 3.65. The summed E-state index contributed by atoms with van der Waals surface area (Å²) in [5, 5.41) is 74.0. The number of aliphatic hydroxyl groups excluding tert-OH is 7. The molecule has 0 saturated heterocycles. The molecule has 1 fully saturated rings. The van der Waals surface area contributed by atoms with Gasteiger partial charge in [0, 0.05) is 0 Å². The third-order valence-corrected chi connectivity index (χ3v) is 10.7. The second-order valence-electron chi connectivity index (χ2n) is 14.7. The molecule has 0 aliphatic heterocycles. The summed E-state index contributed by atoms with van der Waals surface area (Å²) in [5.74, 6) is -0.623. The van der Waals surface area contributed by atoms with Gasteiger partial charge < -0.3 is 46.0 Å². The third-order valence-electron chi connectivity index (χ3n) is 9.70. The molecular weight excluding hydrogens is 717 g/mol. The molecule has 0 spiro atoms. The van der Waals surface area contributed by atoms with Gasteiger partial charge in [-0.05, 0) is 57.8 Å². The number of amides is 1. The number of unbranched alkanes of at least 4 members (excludes halogenated alkanes) is 15. The van der Waals surface area contributed by atoms with Crippen LogP contribution in [0.4, 0.5) is 0 Å². The molecule has 1 rings (SSSR count). The summed E-state index contributed by atoms with van der Waals surface area (Å²) in [6.07, 6.45) is 18.3. The van der Waals surface area contributed by atoms with Gasteiger partial charge in [0.25, 0.3) is 0 Å². The monoisotopic (exact) mass is 791 g/mol. The average molecular weight is 792 g/mol. The largest absolute Gasteiger partial charge is 0.472 e. The fourth-order valence-corrected chi connectivity index (χ4v) is 7.22. The van der Waals surface area contributed by atoms with E-state index in [0.717, 1.165) is 38.5 Å². The molecule has 8 unspecified atom stereocenters. The molecule has 0 aromatic carbocycles. The highest BCUT2D eigenvalue weighted by atomic mass is 31.2. The molecule has 0 aromatic heterocycles. The Hall–Kier alpha value is -1.48. The number of hydrogen-bond donors (Lipinski definition) is 9. The van der Waals surface area contributed by atoms with Gasteiger partial charge in [-0.2, -0.15) is 0 Å². The van der Waals surface area contributed by atoms with Crippen molar-refractivity contribution in [3.8, 4) is 0 Å². The Kier molecular flexibility index (Phi) is 28.7. The maximum Gasteiger partial charge on any atom is 0.472 e. The fourth-order valence-electron chi connectivity index (χ4n) is 6.25. The molecule has 316 valence electrons. The Balaban J connectivity index is 2.69. The van der Waals surface area contributed by atoms with Crippen molar-refractivity contribution in [3.05, 3.63) is 36.5 Å². The number of carbonyl (C=O) groups excluding carboxylic acids is 1. The van der Waals surface area contributed by atoms with Gasteiger partial charge in [-0.15, -0.1) is 0 Å². The van der Waals surface area contributed by atoms with Crippen LogP contribution in [0.15, 0.2) is 36.5 Å². The van der Waals surface area contributed by atoms with Gasteiger partial charge in [0.2, 0.25) is 5.91 Å². The summed E-state index contributed by atoms with van der Waals surface area (Å²) >= 11 is 0. The number of aliphatic hydroxyl groups is 7. The first kappa shape index (κ1) is 50.5. The molecule has 9 N–H and O–H groups in total. The SMILES string of the molecule is CCCCCCCC/C=C\CCCC(O)CC(=O)NC(COP(=O)(O)OC1C(O)C(O)C(O)C(O)C1O)C(O)/C=C/CC/C=C/CCCCCCCCC. The van der Waals surface area contributed by atoms with E-state index in [9.17, 15) is 50.0 Å². The van der Waals surface area contributed by atoms with Gasteiger partial charge in [0.05, 0.1) is 31.3 Å². The second kappa shape index (κ2) is 30.6. The molecular formula is C40H74NO12P. The summed E-state index contributed by atoms with van der Waals surface area (Å²) in [7, 11) is -5.14. The van der Waals surface area contributed by atoms with Crippen LogP contribution in [0.3, 0.4) is 0 Å². The molecule has 1 aliphatic rings. The Morgan fingerprint density at radius 3 is 1.63 bits per heavy atom. The van der Waals surface area contributed by atoms with E-state index in [1.807, 2.05) is 0 Å². The Morgan fingerprint density at radius 1 is 0.648 bits per heavy atom. The van der Waals surface area contributed by atoms with Crippen LogP contribution in [0.5, 0.6) is 0 Å². The molecule has 13 nitrogen and oxygen atoms in total. The van der Waals surface area contributed by atoms with Crippen LogP contribution in [0.25, 0.3) is 0 Å². The number of carbonyl (C=O) groups is 1. The number of phosphoric ester groups is 1. The Morgan fingerprint density at radius 2 is 1.09 bits per heavy atom. The van der Waals surface area contributed by atoms with Crippen LogP contribution in [0.1, 0.15) is 149 Å². The van der Waals surface area contributed by atoms with E-state index >= 15 is 0 Å². The zero-order chi connectivity index (χ0) is 40.2. The highest BCUT2D eigenvalue weighted by molar-refractivity contribution is 7.47. The minimum absolute atomic E-state index is 0.274. The van der Waals surface area contributed by atoms with Crippen LogP contribution in [-0.2, 0) is 18.4 Å². The van der Waals surface area contributed by atoms with Crippen molar-refractivity contribution < 1.29 is 59.0 Å². The maximum atomic E-state index is 12.9. The third kappa shape index (κ3) is 22.9. The highest BCUT2D eigenvalue weighted by Crippen LogP contribution is 2.47. The summed E-state index contributed by atoms with van der Waals surface area (Å²) in [4.78, 5) is 23.3. The number of rotatable bonds is 32. The van der Waals surface area contributed by atoms with Gasteiger partial charge in [0.15, 0.2) is 0 Å². The van der Waals surface area contributed by atoms with Gasteiger partial charge in [0.1, 0.15) is 36.6 Å². The van der Waals surface area contributed by atoms with Crippen molar-refractivity contribution >= 4 is 13.7 Å². The first-order chi connectivity index (χ1) is 25.8. The normalized spacial score (nSPS) is 25.0. The zero-order valence-electron chi connectivity index (χ0n) is 32.9. The first-order valence-electron chi connectivity index (χ1n) is 20.5. The molecule has 0 radical (unpaired) electrons. The van der Waals surface area contributed by atoms with Crippen molar-refractivity contribution in [2.75, 3.05) is 6.61 Å². The van der Waals surface area contributed by atoms with E-state index in [4.69, 9.17) is 9.05 Å². The molecule has 1 aliphatic carbocycles. The van der Waals surface area contributed by atoms with Crippen LogP contribution in [-0.4, -0.2) is 108 Å². The van der Waals surface area contributed by atoms with E-state index in [2.05, 4.69) is 43.5 Å². The molecule has 0 aromatic rings. The minimum atomic E-state index is -5.14. The van der Waals surface area contributed by atoms with E-state index in [1.165, 1.54) is 76.7 Å². The lowest BCUT2D eigenvalue weighted by Gasteiger charge is -2.41. The van der Waals surface area contributed by atoms with Crippen LogP contribution in [0, 0.1) is 0 Å². The molecule has 0 heterocycles. The van der Waals surface area contributed by atoms with Crippen molar-refractivity contribution in [2.24, 2.45) is 0 Å². The van der Waals surface area contributed by atoms with E-state index in [-0.39, 0.29) is 6.42 Å². The van der Waals surface area contributed by atoms with Crippen LogP contribution < -0.4 is 5.32 Å². The van der Waals surface area contributed by atoms with Gasteiger partial charge >= 0.3 is 7.82 Å². The topological polar surface area (TPSA) is 226 Å². The number of hydrogen-bond acceptors (Lipinski definition) is 11. The summed E-state index contributed by atoms with van der Waals surface area (Å²) in [5.41, 5.74) is 0. The zero-order valence-corrected chi connectivity index (χ0v) is 33.8. The van der Waals surface area contributed by atoms with Crippen molar-refractivity contribution in [2.45, 2.75) is 204 Å². The van der Waals surface area contributed by atoms with Crippen molar-refractivity contribution in [1.82, 2.24) is 5.32 Å². The molecule has 1 saturated carbocycles. The summed E-state index contributed by atoms with van der Waals surface area (Å²) in [6, 6.07) is -1.26. The maximum absolute atomic E-state index is 12.9. The fraction of sp³-hybridized carbons (Fsp3) is 0.825. The van der Waals surface area contributed by atoms with Crippen LogP contribution in [0.2, 0.25) is 0 Å². The lowest BCUT2D eigenvalue weighted by Crippen LogP contribution is -2.64. The number of nitrogens with one attached hydrogen (secondary N) is 1. The Bertz CT molecular complexity index is 1080. The second-order valence-corrected chi connectivity index (χ2v) is 16.1. The van der Waals surface area contributed by atoms with Gasteiger partial charge in [-0.3, -0.25) is 13.8 Å². The van der Waals surface area contributed by atoms with Crippen molar-refractivity contribution in [3.63, 3.8) is 0 Å². The van der Waals surface area contributed by atoms with Crippen molar-refractivity contribution in [1.29, 1.82) is 0 Å².